The molecule has 1 aromatic heterocycles. The Balaban J connectivity index is 2.21. The van der Waals surface area contributed by atoms with Gasteiger partial charge in [0, 0.05) is 11.4 Å². The Morgan fingerprint density at radius 3 is 2.74 bits per heavy atom. The summed E-state index contributed by atoms with van der Waals surface area (Å²) in [5.74, 6) is -0.508. The van der Waals surface area contributed by atoms with Crippen LogP contribution in [0.15, 0.2) is 18.2 Å². The summed E-state index contributed by atoms with van der Waals surface area (Å²) < 4.78 is 5.06. The predicted molar refractivity (Wildman–Crippen MR) is 100 cm³/mol. The molecule has 3 rings (SSSR count). The molecule has 2 aromatic rings. The Bertz CT molecular complexity index is 938. The lowest BCUT2D eigenvalue weighted by atomic mass is 9.67. The molecule has 0 radical (unpaired) electrons. The maximum absolute atomic E-state index is 12.9. The summed E-state index contributed by atoms with van der Waals surface area (Å²) >= 11 is 17.9. The van der Waals surface area contributed by atoms with Crippen LogP contribution in [0.2, 0.25) is 15.5 Å². The largest absolute Gasteiger partial charge is 0.468 e. The van der Waals surface area contributed by atoms with Crippen molar-refractivity contribution in [1.29, 1.82) is 0 Å². The molecule has 10 heteroatoms. The van der Waals surface area contributed by atoms with Gasteiger partial charge in [-0.25, -0.2) is 4.98 Å². The molecule has 0 bridgehead atoms. The molecule has 1 aliphatic rings. The molecule has 27 heavy (non-hydrogen) atoms. The molecular formula is C17H14Cl3N3O4. The van der Waals surface area contributed by atoms with Crippen molar-refractivity contribution in [2.45, 2.75) is 31.1 Å². The van der Waals surface area contributed by atoms with Gasteiger partial charge in [-0.15, -0.1) is 0 Å². The van der Waals surface area contributed by atoms with Gasteiger partial charge in [0.05, 0.1) is 17.4 Å². The summed E-state index contributed by atoms with van der Waals surface area (Å²) in [6.45, 7) is 0. The minimum Gasteiger partial charge on any atom is -0.468 e. The number of nitrogens with zero attached hydrogens (tertiary/aromatic N) is 3. The van der Waals surface area contributed by atoms with Crippen LogP contribution in [-0.4, -0.2) is 28.0 Å². The molecule has 0 amide bonds. The minimum atomic E-state index is -1.15. The van der Waals surface area contributed by atoms with Crippen molar-refractivity contribution < 1.29 is 14.5 Å². The van der Waals surface area contributed by atoms with Gasteiger partial charge in [-0.1, -0.05) is 29.3 Å². The van der Waals surface area contributed by atoms with Gasteiger partial charge < -0.3 is 4.74 Å². The molecule has 1 aliphatic carbocycles. The molecule has 1 aromatic carbocycles. The number of esters is 1. The average molecular weight is 431 g/mol. The van der Waals surface area contributed by atoms with Gasteiger partial charge in [-0.3, -0.25) is 14.9 Å². The molecule has 1 atom stereocenters. The second-order valence-electron chi connectivity index (χ2n) is 6.24. The number of nitro groups is 1. The van der Waals surface area contributed by atoms with Gasteiger partial charge in [0.1, 0.15) is 5.69 Å². The number of benzene rings is 1. The maximum Gasteiger partial charge on any atom is 0.327 e. The number of carbonyl (C=O) groups is 1. The van der Waals surface area contributed by atoms with Crippen LogP contribution in [0.5, 0.6) is 0 Å². The third-order valence-electron chi connectivity index (χ3n) is 4.75. The quantitative estimate of drug-likeness (QED) is 0.235. The molecule has 0 saturated heterocycles. The van der Waals surface area contributed by atoms with Gasteiger partial charge in [0.15, 0.2) is 0 Å². The molecule has 1 unspecified atom stereocenters. The fraction of sp³-hybridized carbons (Fsp3) is 0.353. The van der Waals surface area contributed by atoms with E-state index in [0.29, 0.717) is 23.4 Å². The highest BCUT2D eigenvalue weighted by Crippen LogP contribution is 2.43. The van der Waals surface area contributed by atoms with Gasteiger partial charge in [0.25, 0.3) is 0 Å². The van der Waals surface area contributed by atoms with Crippen LogP contribution in [0.4, 0.5) is 5.69 Å². The van der Waals surface area contributed by atoms with Crippen molar-refractivity contribution in [3.05, 3.63) is 60.6 Å². The van der Waals surface area contributed by atoms with Crippen molar-refractivity contribution in [2.24, 2.45) is 0 Å². The van der Waals surface area contributed by atoms with Crippen molar-refractivity contribution in [2.75, 3.05) is 7.11 Å². The first-order valence-electron chi connectivity index (χ1n) is 8.02. The van der Waals surface area contributed by atoms with E-state index in [1.54, 1.807) is 18.2 Å². The number of ether oxygens (including phenoxy) is 1. The van der Waals surface area contributed by atoms with Crippen LogP contribution in [-0.2, 0) is 27.8 Å². The predicted octanol–water partition coefficient (Wildman–Crippen LogP) is 4.33. The molecular weight excluding hydrogens is 417 g/mol. The van der Waals surface area contributed by atoms with E-state index in [1.807, 2.05) is 0 Å². The summed E-state index contributed by atoms with van der Waals surface area (Å²) in [6, 6.07) is 5.23. The summed E-state index contributed by atoms with van der Waals surface area (Å²) in [4.78, 5) is 31.3. The van der Waals surface area contributed by atoms with Crippen LogP contribution >= 0.6 is 34.8 Å². The number of rotatable bonds is 4. The number of carbonyl (C=O) groups excluding carboxylic acids is 1. The zero-order valence-corrected chi connectivity index (χ0v) is 16.4. The number of aromatic nitrogens is 2. The fourth-order valence-corrected chi connectivity index (χ4v) is 4.33. The van der Waals surface area contributed by atoms with Gasteiger partial charge in [-0.05, 0) is 54.1 Å². The van der Waals surface area contributed by atoms with E-state index >= 15 is 0 Å². The summed E-state index contributed by atoms with van der Waals surface area (Å²) in [5, 5.41) is 11.4. The lowest BCUT2D eigenvalue weighted by molar-refractivity contribution is -0.386. The van der Waals surface area contributed by atoms with Crippen LogP contribution in [0.25, 0.3) is 0 Å². The Kier molecular flexibility index (Phi) is 5.55. The van der Waals surface area contributed by atoms with Crippen molar-refractivity contribution >= 4 is 46.5 Å². The number of aryl methyl sites for hydroxylation is 1. The number of halogens is 3. The van der Waals surface area contributed by atoms with Crippen molar-refractivity contribution in [3.63, 3.8) is 0 Å². The SMILES string of the molecule is COC(=O)C1(Cc2nc(Cl)nc(Cl)c2[N+](=O)[O-])CCCc2cc(Cl)ccc21. The second-order valence-corrected chi connectivity index (χ2v) is 7.37. The summed E-state index contributed by atoms with van der Waals surface area (Å²) in [5.41, 5.74) is -0.0274. The first kappa shape index (κ1) is 19.8. The van der Waals surface area contributed by atoms with E-state index in [0.717, 1.165) is 12.0 Å². The lowest BCUT2D eigenvalue weighted by Crippen LogP contribution is -2.42. The van der Waals surface area contributed by atoms with Crippen LogP contribution in [0.1, 0.15) is 29.7 Å². The Hall–Kier alpha value is -1.96. The van der Waals surface area contributed by atoms with E-state index in [9.17, 15) is 14.9 Å². The molecule has 0 N–H and O–H groups in total. The Morgan fingerprint density at radius 2 is 2.07 bits per heavy atom. The molecule has 0 spiro atoms. The fourth-order valence-electron chi connectivity index (χ4n) is 3.65. The van der Waals surface area contributed by atoms with E-state index in [4.69, 9.17) is 39.5 Å². The zero-order valence-electron chi connectivity index (χ0n) is 14.2. The molecule has 7 nitrogen and oxygen atoms in total. The summed E-state index contributed by atoms with van der Waals surface area (Å²) in [7, 11) is 1.28. The number of fused-ring (bicyclic) bond motifs is 1. The molecule has 0 fully saturated rings. The molecule has 142 valence electrons. The van der Waals surface area contributed by atoms with Crippen LogP contribution in [0.3, 0.4) is 0 Å². The zero-order chi connectivity index (χ0) is 19.8. The van der Waals surface area contributed by atoms with Gasteiger partial charge >= 0.3 is 11.7 Å². The number of hydrogen-bond donors (Lipinski definition) is 0. The Labute approximate surface area is 169 Å². The van der Waals surface area contributed by atoms with Gasteiger partial charge in [-0.2, -0.15) is 4.98 Å². The lowest BCUT2D eigenvalue weighted by Gasteiger charge is -2.36. The van der Waals surface area contributed by atoms with E-state index in [2.05, 4.69) is 9.97 Å². The molecule has 0 saturated carbocycles. The van der Waals surface area contributed by atoms with E-state index in [1.165, 1.54) is 7.11 Å². The van der Waals surface area contributed by atoms with Crippen molar-refractivity contribution in [3.8, 4) is 0 Å². The Morgan fingerprint density at radius 1 is 1.33 bits per heavy atom. The third kappa shape index (κ3) is 3.59. The molecule has 0 aliphatic heterocycles. The van der Waals surface area contributed by atoms with Crippen molar-refractivity contribution in [1.82, 2.24) is 9.97 Å². The maximum atomic E-state index is 12.9. The average Bonchev–Trinajstić information content (AvgIpc) is 2.59. The smallest absolute Gasteiger partial charge is 0.327 e. The highest BCUT2D eigenvalue weighted by Gasteiger charge is 2.46. The number of hydrogen-bond acceptors (Lipinski definition) is 6. The normalized spacial score (nSPS) is 18.7. The van der Waals surface area contributed by atoms with Crippen LogP contribution in [0, 0.1) is 10.1 Å². The van der Waals surface area contributed by atoms with Crippen LogP contribution < -0.4 is 0 Å². The standard InChI is InChI=1S/C17H14Cl3N3O4/c1-27-15(24)17(6-2-3-9-7-10(18)4-5-11(9)17)8-12-13(23(25)26)14(19)22-16(20)21-12/h4-5,7H,2-3,6,8H2,1H3. The van der Waals surface area contributed by atoms with E-state index < -0.39 is 22.0 Å². The topological polar surface area (TPSA) is 95.2 Å². The molecule has 1 heterocycles. The first-order chi connectivity index (χ1) is 12.8. The second kappa shape index (κ2) is 7.58. The van der Waals surface area contributed by atoms with Gasteiger partial charge in [0.2, 0.25) is 10.4 Å². The van der Waals surface area contributed by atoms with E-state index in [-0.39, 0.29) is 22.6 Å². The third-order valence-corrected chi connectivity index (χ3v) is 5.41. The highest BCUT2D eigenvalue weighted by atomic mass is 35.5. The summed E-state index contributed by atoms with van der Waals surface area (Å²) in [6.07, 6.45) is 1.77. The monoisotopic (exact) mass is 429 g/mol. The first-order valence-corrected chi connectivity index (χ1v) is 9.15. The minimum absolute atomic E-state index is 0.0156. The highest BCUT2D eigenvalue weighted by molar-refractivity contribution is 6.33. The number of methoxy groups -OCH3 is 1.